The summed E-state index contributed by atoms with van der Waals surface area (Å²) in [5.74, 6) is -1.71. The van der Waals surface area contributed by atoms with Crippen LogP contribution in [0.3, 0.4) is 0 Å². The maximum Gasteiger partial charge on any atom is 0.306 e. The van der Waals surface area contributed by atoms with E-state index in [2.05, 4.69) is 5.32 Å². The zero-order valence-electron chi connectivity index (χ0n) is 11.5. The predicted octanol–water partition coefficient (Wildman–Crippen LogP) is 3.66. The summed E-state index contributed by atoms with van der Waals surface area (Å²) in [6.07, 6.45) is 0.764. The fourth-order valence-electron chi connectivity index (χ4n) is 1.68. The molecule has 1 N–H and O–H groups in total. The molecule has 0 unspecified atom stereocenters. The molecule has 22 heavy (non-hydrogen) atoms. The lowest BCUT2D eigenvalue weighted by Crippen LogP contribution is -2.21. The van der Waals surface area contributed by atoms with Gasteiger partial charge in [0.05, 0.1) is 12.1 Å². The number of carbonyl (C=O) groups is 2. The molecule has 1 aromatic carbocycles. The van der Waals surface area contributed by atoms with Crippen LogP contribution in [-0.2, 0) is 20.7 Å². The van der Waals surface area contributed by atoms with Crippen LogP contribution in [0, 0.1) is 5.82 Å². The summed E-state index contributed by atoms with van der Waals surface area (Å²) < 4.78 is 18.3. The second kappa shape index (κ2) is 7.91. The molecule has 0 saturated carbocycles. The highest BCUT2D eigenvalue weighted by atomic mass is 35.5. The number of ether oxygens (including phenoxy) is 1. The molecule has 0 saturated heterocycles. The molecule has 0 radical (unpaired) electrons. The molecule has 1 amide bonds. The molecule has 1 heterocycles. The summed E-state index contributed by atoms with van der Waals surface area (Å²) in [7, 11) is 0. The Kier molecular flexibility index (Phi) is 5.91. The van der Waals surface area contributed by atoms with Crippen LogP contribution in [0.25, 0.3) is 0 Å². The van der Waals surface area contributed by atoms with Crippen molar-refractivity contribution >= 4 is 40.5 Å². The Bertz CT molecular complexity index is 661. The first-order valence-corrected chi connectivity index (χ1v) is 7.73. The van der Waals surface area contributed by atoms with Gasteiger partial charge in [-0.1, -0.05) is 17.7 Å². The van der Waals surface area contributed by atoms with Crippen LogP contribution in [0.15, 0.2) is 35.7 Å². The van der Waals surface area contributed by atoms with Crippen molar-refractivity contribution in [1.82, 2.24) is 0 Å². The Labute approximate surface area is 135 Å². The minimum absolute atomic E-state index is 0.0489. The lowest BCUT2D eigenvalue weighted by atomic mass is 10.3. The largest absolute Gasteiger partial charge is 0.456 e. The van der Waals surface area contributed by atoms with E-state index in [1.54, 1.807) is 11.3 Å². The molecule has 0 spiro atoms. The molecular weight excluding hydrogens is 329 g/mol. The number of benzene rings is 1. The predicted molar refractivity (Wildman–Crippen MR) is 83.6 cm³/mol. The monoisotopic (exact) mass is 341 g/mol. The molecule has 116 valence electrons. The van der Waals surface area contributed by atoms with Gasteiger partial charge in [0, 0.05) is 9.90 Å². The van der Waals surface area contributed by atoms with Gasteiger partial charge in [0.1, 0.15) is 5.82 Å². The topological polar surface area (TPSA) is 55.4 Å². The van der Waals surface area contributed by atoms with Crippen LogP contribution in [0.1, 0.15) is 11.3 Å². The molecule has 4 nitrogen and oxygen atoms in total. The molecule has 0 aliphatic carbocycles. The molecular formula is C15H13ClFNO3S. The third-order valence-electron chi connectivity index (χ3n) is 2.72. The molecule has 0 bridgehead atoms. The molecule has 1 aromatic heterocycles. The number of rotatable bonds is 6. The van der Waals surface area contributed by atoms with Gasteiger partial charge in [-0.25, -0.2) is 4.39 Å². The first kappa shape index (κ1) is 16.5. The Hall–Kier alpha value is -1.92. The van der Waals surface area contributed by atoms with Crippen molar-refractivity contribution < 1.29 is 18.7 Å². The first-order chi connectivity index (χ1) is 10.5. The van der Waals surface area contributed by atoms with E-state index in [0.29, 0.717) is 11.4 Å². The summed E-state index contributed by atoms with van der Waals surface area (Å²) in [5, 5.41) is 4.52. The maximum atomic E-state index is 13.4. The van der Waals surface area contributed by atoms with E-state index in [0.717, 1.165) is 10.9 Å². The Morgan fingerprint density at radius 3 is 2.86 bits per heavy atom. The van der Waals surface area contributed by atoms with Crippen LogP contribution in [0.5, 0.6) is 0 Å². The highest BCUT2D eigenvalue weighted by Crippen LogP contribution is 2.19. The molecule has 0 aliphatic rings. The second-order valence-corrected chi connectivity index (χ2v) is 5.88. The van der Waals surface area contributed by atoms with Crippen LogP contribution in [-0.4, -0.2) is 18.5 Å². The average molecular weight is 342 g/mol. The fourth-order valence-corrected chi connectivity index (χ4v) is 2.56. The number of aryl methyl sites for hydroxylation is 1. The van der Waals surface area contributed by atoms with Gasteiger partial charge in [-0.2, -0.15) is 0 Å². The van der Waals surface area contributed by atoms with Gasteiger partial charge in [-0.05, 0) is 36.1 Å². The van der Waals surface area contributed by atoms with Gasteiger partial charge >= 0.3 is 5.97 Å². The van der Waals surface area contributed by atoms with Crippen molar-refractivity contribution in [2.24, 2.45) is 0 Å². The van der Waals surface area contributed by atoms with E-state index in [-0.39, 0.29) is 12.1 Å². The first-order valence-electron chi connectivity index (χ1n) is 6.47. The molecule has 2 rings (SSSR count). The van der Waals surface area contributed by atoms with Gasteiger partial charge in [-0.3, -0.25) is 9.59 Å². The lowest BCUT2D eigenvalue weighted by molar-refractivity contribution is -0.147. The van der Waals surface area contributed by atoms with Crippen LogP contribution < -0.4 is 5.32 Å². The van der Waals surface area contributed by atoms with E-state index in [1.807, 2.05) is 17.5 Å². The Morgan fingerprint density at radius 2 is 2.14 bits per heavy atom. The van der Waals surface area contributed by atoms with Crippen LogP contribution in [0.2, 0.25) is 5.02 Å². The molecule has 2 aromatic rings. The highest BCUT2D eigenvalue weighted by Gasteiger charge is 2.11. The van der Waals surface area contributed by atoms with Gasteiger partial charge < -0.3 is 10.1 Å². The summed E-state index contributed by atoms with van der Waals surface area (Å²) in [6.45, 7) is -0.463. The fraction of sp³-hybridized carbons (Fsp3) is 0.200. The third-order valence-corrected chi connectivity index (χ3v) is 3.89. The number of carbonyl (C=O) groups excluding carboxylic acids is 2. The zero-order chi connectivity index (χ0) is 15.9. The summed E-state index contributed by atoms with van der Waals surface area (Å²) in [6, 6.07) is 7.63. The van der Waals surface area contributed by atoms with E-state index in [1.165, 1.54) is 12.1 Å². The van der Waals surface area contributed by atoms with Gasteiger partial charge in [0.15, 0.2) is 6.61 Å². The number of hydrogen-bond acceptors (Lipinski definition) is 4. The van der Waals surface area contributed by atoms with Gasteiger partial charge in [0.25, 0.3) is 5.91 Å². The van der Waals surface area contributed by atoms with Gasteiger partial charge in [-0.15, -0.1) is 11.3 Å². The van der Waals surface area contributed by atoms with E-state index < -0.39 is 24.3 Å². The minimum atomic E-state index is -0.620. The number of halogens is 2. The van der Waals surface area contributed by atoms with E-state index >= 15 is 0 Å². The summed E-state index contributed by atoms with van der Waals surface area (Å²) in [5.41, 5.74) is -0.0489. The quantitative estimate of drug-likeness (QED) is 0.816. The number of amides is 1. The summed E-state index contributed by atoms with van der Waals surface area (Å²) in [4.78, 5) is 24.2. The molecule has 0 fully saturated rings. The normalized spacial score (nSPS) is 10.3. The van der Waals surface area contributed by atoms with Crippen molar-refractivity contribution in [2.75, 3.05) is 11.9 Å². The highest BCUT2D eigenvalue weighted by molar-refractivity contribution is 7.09. The molecule has 0 aliphatic heterocycles. The van der Waals surface area contributed by atoms with Crippen molar-refractivity contribution in [3.8, 4) is 0 Å². The molecule has 7 heteroatoms. The average Bonchev–Trinajstić information content (AvgIpc) is 3.00. The summed E-state index contributed by atoms with van der Waals surface area (Å²) >= 11 is 7.27. The van der Waals surface area contributed by atoms with Gasteiger partial charge in [0.2, 0.25) is 0 Å². The van der Waals surface area contributed by atoms with Crippen molar-refractivity contribution in [1.29, 1.82) is 0 Å². The second-order valence-electron chi connectivity index (χ2n) is 4.41. The van der Waals surface area contributed by atoms with Crippen molar-refractivity contribution in [3.05, 3.63) is 51.4 Å². The van der Waals surface area contributed by atoms with Crippen LogP contribution in [0.4, 0.5) is 10.1 Å². The van der Waals surface area contributed by atoms with E-state index in [4.69, 9.17) is 16.3 Å². The number of esters is 1. The Morgan fingerprint density at radius 1 is 1.32 bits per heavy atom. The number of thiophene rings is 1. The van der Waals surface area contributed by atoms with Crippen molar-refractivity contribution in [3.63, 3.8) is 0 Å². The SMILES string of the molecule is O=C(COC(=O)CCc1cccs1)Nc1cc(Cl)ccc1F. The Balaban J connectivity index is 1.75. The molecule has 0 atom stereocenters. The van der Waals surface area contributed by atoms with Crippen LogP contribution >= 0.6 is 22.9 Å². The number of anilines is 1. The standard InChI is InChI=1S/C15H13ClFNO3S/c16-10-3-5-12(17)13(8-10)18-14(19)9-21-15(20)6-4-11-2-1-7-22-11/h1-3,5,7-8H,4,6,9H2,(H,18,19). The van der Waals surface area contributed by atoms with Crippen molar-refractivity contribution in [2.45, 2.75) is 12.8 Å². The van der Waals surface area contributed by atoms with E-state index in [9.17, 15) is 14.0 Å². The maximum absolute atomic E-state index is 13.4. The zero-order valence-corrected chi connectivity index (χ0v) is 13.0. The lowest BCUT2D eigenvalue weighted by Gasteiger charge is -2.07. The number of hydrogen-bond donors (Lipinski definition) is 1. The number of nitrogens with one attached hydrogen (secondary N) is 1. The smallest absolute Gasteiger partial charge is 0.306 e. The third kappa shape index (κ3) is 5.13. The minimum Gasteiger partial charge on any atom is -0.456 e.